The van der Waals surface area contributed by atoms with Crippen LogP contribution in [0.1, 0.15) is 56.6 Å². The second-order valence-electron chi connectivity index (χ2n) is 10.7. The highest BCUT2D eigenvalue weighted by molar-refractivity contribution is 5.89. The molecule has 0 bridgehead atoms. The molecule has 4 aromatic rings. The Labute approximate surface area is 240 Å². The van der Waals surface area contributed by atoms with Gasteiger partial charge in [-0.3, -0.25) is 9.88 Å². The maximum Gasteiger partial charge on any atom is 0.412 e. The van der Waals surface area contributed by atoms with Crippen molar-refractivity contribution >= 4 is 17.7 Å². The zero-order valence-electron chi connectivity index (χ0n) is 23.5. The number of fused-ring (bicyclic) bond motifs is 1. The number of nitrogens with zero attached hydrogens (tertiary/aromatic N) is 2. The van der Waals surface area contributed by atoms with Crippen LogP contribution in [0.4, 0.5) is 10.5 Å². The Morgan fingerprint density at radius 1 is 0.927 bits per heavy atom. The minimum Gasteiger partial charge on any atom is -0.478 e. The number of pyridine rings is 1. The van der Waals surface area contributed by atoms with E-state index in [0.29, 0.717) is 13.0 Å². The molecule has 0 saturated heterocycles. The summed E-state index contributed by atoms with van der Waals surface area (Å²) in [6, 6.07) is 25.1. The minimum absolute atomic E-state index is 0.159. The van der Waals surface area contributed by atoms with Gasteiger partial charge in [-0.15, -0.1) is 0 Å². The quantitative estimate of drug-likeness (QED) is 0.210. The average Bonchev–Trinajstić information content (AvgIpc) is 3.36. The number of ether oxygens (including phenoxy) is 1. The van der Waals surface area contributed by atoms with Crippen LogP contribution in [0.25, 0.3) is 0 Å². The lowest BCUT2D eigenvalue weighted by atomic mass is 9.90. The molecule has 0 aliphatic carbocycles. The Morgan fingerprint density at radius 2 is 1.66 bits per heavy atom. The van der Waals surface area contributed by atoms with Crippen LogP contribution in [0.2, 0.25) is 0 Å². The lowest BCUT2D eigenvalue weighted by Gasteiger charge is -2.42. The highest BCUT2D eigenvalue weighted by Crippen LogP contribution is 2.43. The van der Waals surface area contributed by atoms with E-state index < -0.39 is 17.7 Å². The van der Waals surface area contributed by atoms with Gasteiger partial charge < -0.3 is 15.2 Å². The molecular weight excluding hydrogens is 514 g/mol. The summed E-state index contributed by atoms with van der Waals surface area (Å²) < 4.78 is 5.93. The fourth-order valence-electron chi connectivity index (χ4n) is 5.63. The Hall–Kier alpha value is -4.65. The summed E-state index contributed by atoms with van der Waals surface area (Å²) in [5, 5.41) is 13.3. The molecule has 1 aliphatic heterocycles. The highest BCUT2D eigenvalue weighted by Gasteiger charge is 2.47. The third kappa shape index (κ3) is 6.40. The van der Waals surface area contributed by atoms with Crippen molar-refractivity contribution in [1.29, 1.82) is 0 Å². The average molecular weight is 550 g/mol. The first-order valence-electron chi connectivity index (χ1n) is 13.9. The van der Waals surface area contributed by atoms with E-state index >= 15 is 0 Å². The molecule has 1 atom stereocenters. The number of carbonyl (C=O) groups is 2. The van der Waals surface area contributed by atoms with Crippen LogP contribution in [0.15, 0.2) is 91.3 Å². The largest absolute Gasteiger partial charge is 0.478 e. The molecule has 2 N–H and O–H groups in total. The van der Waals surface area contributed by atoms with Crippen molar-refractivity contribution in [3.63, 3.8) is 0 Å². The van der Waals surface area contributed by atoms with Gasteiger partial charge in [0.15, 0.2) is 0 Å². The van der Waals surface area contributed by atoms with Crippen molar-refractivity contribution in [3.05, 3.63) is 130 Å². The van der Waals surface area contributed by atoms with E-state index in [-0.39, 0.29) is 12.2 Å². The number of rotatable bonds is 10. The molecule has 1 aliphatic rings. The number of anilines is 1. The zero-order chi connectivity index (χ0) is 28.8. The maximum atomic E-state index is 14.0. The van der Waals surface area contributed by atoms with Crippen LogP contribution in [-0.2, 0) is 29.8 Å². The molecule has 1 unspecified atom stereocenters. The second-order valence-corrected chi connectivity index (χ2v) is 10.7. The number of aromatic nitrogens is 1. The molecule has 3 aromatic carbocycles. The van der Waals surface area contributed by atoms with Gasteiger partial charge in [0.1, 0.15) is 12.3 Å². The minimum atomic E-state index is -0.980. The molecule has 0 radical (unpaired) electrons. The summed E-state index contributed by atoms with van der Waals surface area (Å²) in [6.07, 6.45) is 6.10. The van der Waals surface area contributed by atoms with Crippen molar-refractivity contribution in [2.75, 3.05) is 11.9 Å². The molecule has 1 amide bonds. The van der Waals surface area contributed by atoms with Crippen molar-refractivity contribution in [2.24, 2.45) is 0 Å². The first-order chi connectivity index (χ1) is 19.8. The lowest BCUT2D eigenvalue weighted by Crippen LogP contribution is -2.54. The lowest BCUT2D eigenvalue weighted by molar-refractivity contribution is 0.0539. The van der Waals surface area contributed by atoms with Crippen LogP contribution in [0, 0.1) is 13.8 Å². The Morgan fingerprint density at radius 3 is 2.37 bits per heavy atom. The first-order valence-corrected chi connectivity index (χ1v) is 13.9. The Kier molecular flexibility index (Phi) is 8.34. The summed E-state index contributed by atoms with van der Waals surface area (Å²) in [4.78, 5) is 31.7. The molecule has 0 saturated carbocycles. The Balaban J connectivity index is 1.49. The predicted octanol–water partition coefficient (Wildman–Crippen LogP) is 6.88. The fraction of sp³-hybridized carbons (Fsp3) is 0.265. The predicted molar refractivity (Wildman–Crippen MR) is 159 cm³/mol. The number of amides is 1. The maximum absolute atomic E-state index is 14.0. The molecule has 7 nitrogen and oxygen atoms in total. The van der Waals surface area contributed by atoms with Gasteiger partial charge in [-0.1, -0.05) is 59.7 Å². The normalized spacial score (nSPS) is 15.6. The van der Waals surface area contributed by atoms with E-state index in [4.69, 9.17) is 4.74 Å². The van der Waals surface area contributed by atoms with E-state index in [0.717, 1.165) is 52.8 Å². The standard InChI is InChI=1S/C34H35N3O4/c1-24-18-25(2)20-30(19-24)34(22-29-21-28(32(38)39)11-12-31(29)36-34)37(17-7-6-8-26-13-15-35-16-14-26)33(40)41-23-27-9-4-3-5-10-27/h3-5,9-16,18-21,36H,6-8,17,22-23H2,1-2H3,(H,38,39). The number of hydrogen-bond donors (Lipinski definition) is 2. The molecule has 210 valence electrons. The van der Waals surface area contributed by atoms with Gasteiger partial charge in [0.05, 0.1) is 5.56 Å². The van der Waals surface area contributed by atoms with E-state index in [1.54, 1.807) is 35.5 Å². The molecular formula is C34H35N3O4. The monoisotopic (exact) mass is 549 g/mol. The van der Waals surface area contributed by atoms with E-state index in [2.05, 4.69) is 28.5 Å². The number of carbonyl (C=O) groups excluding carboxylic acids is 1. The van der Waals surface area contributed by atoms with Gasteiger partial charge in [0.25, 0.3) is 0 Å². The molecule has 0 fully saturated rings. The van der Waals surface area contributed by atoms with Crippen molar-refractivity contribution in [2.45, 2.75) is 51.8 Å². The zero-order valence-corrected chi connectivity index (χ0v) is 23.5. The van der Waals surface area contributed by atoms with Gasteiger partial charge in [-0.25, -0.2) is 9.59 Å². The fourth-order valence-corrected chi connectivity index (χ4v) is 5.63. The van der Waals surface area contributed by atoms with Crippen LogP contribution in [0.5, 0.6) is 0 Å². The van der Waals surface area contributed by atoms with Gasteiger partial charge in [0.2, 0.25) is 0 Å². The van der Waals surface area contributed by atoms with Gasteiger partial charge >= 0.3 is 12.1 Å². The molecule has 1 aromatic heterocycles. The second kappa shape index (κ2) is 12.3. The summed E-state index contributed by atoms with van der Waals surface area (Å²) in [6.45, 7) is 4.70. The van der Waals surface area contributed by atoms with Gasteiger partial charge in [-0.05, 0) is 85.7 Å². The van der Waals surface area contributed by atoms with Crippen molar-refractivity contribution in [3.8, 4) is 0 Å². The molecule has 2 heterocycles. The van der Waals surface area contributed by atoms with Gasteiger partial charge in [-0.2, -0.15) is 0 Å². The number of aryl methyl sites for hydroxylation is 3. The number of hydrogen-bond acceptors (Lipinski definition) is 5. The smallest absolute Gasteiger partial charge is 0.412 e. The first kappa shape index (κ1) is 27.9. The molecule has 7 heteroatoms. The molecule has 41 heavy (non-hydrogen) atoms. The number of benzene rings is 3. The third-order valence-electron chi connectivity index (χ3n) is 7.57. The van der Waals surface area contributed by atoms with Crippen LogP contribution in [0.3, 0.4) is 0 Å². The van der Waals surface area contributed by atoms with Crippen LogP contribution < -0.4 is 5.32 Å². The molecule has 5 rings (SSSR count). The summed E-state index contributed by atoms with van der Waals surface area (Å²) in [7, 11) is 0. The molecule has 0 spiro atoms. The number of nitrogens with one attached hydrogen (secondary N) is 1. The van der Waals surface area contributed by atoms with E-state index in [1.165, 1.54) is 5.56 Å². The van der Waals surface area contributed by atoms with E-state index in [9.17, 15) is 14.7 Å². The number of unbranched alkanes of at least 4 members (excludes halogenated alkanes) is 1. The third-order valence-corrected chi connectivity index (χ3v) is 7.57. The summed E-state index contributed by atoms with van der Waals surface area (Å²) in [5.41, 5.74) is 6.15. The Bertz CT molecular complexity index is 1500. The highest BCUT2D eigenvalue weighted by atomic mass is 16.6. The van der Waals surface area contributed by atoms with Crippen molar-refractivity contribution in [1.82, 2.24) is 9.88 Å². The van der Waals surface area contributed by atoms with Crippen molar-refractivity contribution < 1.29 is 19.4 Å². The van der Waals surface area contributed by atoms with Gasteiger partial charge in [0, 0.05) is 31.0 Å². The van der Waals surface area contributed by atoms with Crippen LogP contribution in [-0.4, -0.2) is 33.6 Å². The SMILES string of the molecule is Cc1cc(C)cc(C2(N(CCCCc3ccncc3)C(=O)OCc3ccccc3)Cc3cc(C(=O)O)ccc3N2)c1. The summed E-state index contributed by atoms with van der Waals surface area (Å²) in [5.74, 6) is -0.980. The number of carboxylic acid groups (broad SMARTS) is 1. The number of carboxylic acids is 1. The van der Waals surface area contributed by atoms with Crippen LogP contribution >= 0.6 is 0 Å². The van der Waals surface area contributed by atoms with E-state index in [1.807, 2.05) is 56.3 Å². The topological polar surface area (TPSA) is 91.8 Å². The summed E-state index contributed by atoms with van der Waals surface area (Å²) >= 11 is 0. The number of aromatic carboxylic acids is 1.